The van der Waals surface area contributed by atoms with Gasteiger partial charge in [-0.3, -0.25) is 4.79 Å². The molecule has 2 aliphatic rings. The third-order valence-electron chi connectivity index (χ3n) is 6.13. The molecular weight excluding hydrogens is 440 g/mol. The summed E-state index contributed by atoms with van der Waals surface area (Å²) in [6, 6.07) is 12.7. The van der Waals surface area contributed by atoms with Gasteiger partial charge in [-0.15, -0.1) is 5.10 Å². The quantitative estimate of drug-likeness (QED) is 0.566. The fourth-order valence-corrected chi connectivity index (χ4v) is 4.75. The Morgan fingerprint density at radius 3 is 2.36 bits per heavy atom. The van der Waals surface area contributed by atoms with E-state index in [1.54, 1.807) is 25.0 Å². The largest absolute Gasteiger partial charge is 0.497 e. The fraction of sp³-hybridized carbons (Fsp3) is 0.320. The molecule has 0 amide bonds. The van der Waals surface area contributed by atoms with Crippen LogP contribution >= 0.6 is 11.6 Å². The Bertz CT molecular complexity index is 1260. The second kappa shape index (κ2) is 7.92. The molecule has 0 bridgehead atoms. The molecule has 2 heterocycles. The number of allylic oxidation sites excluding steroid dienone is 2. The first-order valence-corrected chi connectivity index (χ1v) is 11.1. The van der Waals surface area contributed by atoms with Gasteiger partial charge in [-0.05, 0) is 41.7 Å². The standard InChI is InChI=1S/C25H25ClN4O3/c1-25(2)12-19-21(20(31)13-25)22(14-5-7-16(26)8-6-14)30-24(27-19)28-23(29-30)15-9-17(32-3)11-18(10-15)33-4/h5-11,22H,12-13H2,1-4H3,(H,27,28,29)/t22-/m0/s1. The minimum Gasteiger partial charge on any atom is -0.497 e. The molecule has 1 aliphatic carbocycles. The summed E-state index contributed by atoms with van der Waals surface area (Å²) in [5.41, 5.74) is 3.21. The number of anilines is 1. The first-order chi connectivity index (χ1) is 15.8. The molecule has 5 rings (SSSR count). The van der Waals surface area contributed by atoms with E-state index in [9.17, 15) is 4.79 Å². The molecular formula is C25H25ClN4O3. The number of methoxy groups -OCH3 is 2. The molecule has 0 saturated carbocycles. The highest BCUT2D eigenvalue weighted by molar-refractivity contribution is 6.30. The maximum atomic E-state index is 13.3. The summed E-state index contributed by atoms with van der Waals surface area (Å²) in [5, 5.41) is 8.87. The van der Waals surface area contributed by atoms with Crippen LogP contribution in [-0.4, -0.2) is 34.8 Å². The maximum absolute atomic E-state index is 13.3. The fourth-order valence-electron chi connectivity index (χ4n) is 4.62. The second-order valence-electron chi connectivity index (χ2n) is 9.22. The van der Waals surface area contributed by atoms with Crippen LogP contribution < -0.4 is 14.8 Å². The number of carbonyl (C=O) groups is 1. The van der Waals surface area contributed by atoms with E-state index in [1.165, 1.54) is 0 Å². The lowest BCUT2D eigenvalue weighted by molar-refractivity contribution is -0.118. The van der Waals surface area contributed by atoms with Gasteiger partial charge in [0.25, 0.3) is 0 Å². The Labute approximate surface area is 197 Å². The van der Waals surface area contributed by atoms with Gasteiger partial charge < -0.3 is 14.8 Å². The zero-order chi connectivity index (χ0) is 23.3. The lowest BCUT2D eigenvalue weighted by Crippen LogP contribution is -2.36. The summed E-state index contributed by atoms with van der Waals surface area (Å²) in [7, 11) is 3.21. The normalized spacial score (nSPS) is 18.9. The highest BCUT2D eigenvalue weighted by atomic mass is 35.5. The molecule has 0 saturated heterocycles. The zero-order valence-electron chi connectivity index (χ0n) is 19.0. The van der Waals surface area contributed by atoms with Crippen molar-refractivity contribution < 1.29 is 14.3 Å². The van der Waals surface area contributed by atoms with E-state index < -0.39 is 0 Å². The van der Waals surface area contributed by atoms with Crippen LogP contribution in [0.2, 0.25) is 5.02 Å². The summed E-state index contributed by atoms with van der Waals surface area (Å²) in [4.78, 5) is 18.1. The van der Waals surface area contributed by atoms with Gasteiger partial charge in [0.1, 0.15) is 17.5 Å². The average Bonchev–Trinajstić information content (AvgIpc) is 3.21. The topological polar surface area (TPSA) is 78.3 Å². The number of aromatic nitrogens is 3. The molecule has 0 unspecified atom stereocenters. The average molecular weight is 465 g/mol. The predicted octanol–water partition coefficient (Wildman–Crippen LogP) is 5.27. The van der Waals surface area contributed by atoms with Crippen molar-refractivity contribution in [3.05, 3.63) is 64.3 Å². The van der Waals surface area contributed by atoms with Gasteiger partial charge >= 0.3 is 0 Å². The van der Waals surface area contributed by atoms with E-state index in [1.807, 2.05) is 36.4 Å². The van der Waals surface area contributed by atoms with Gasteiger partial charge in [-0.25, -0.2) is 4.68 Å². The van der Waals surface area contributed by atoms with E-state index in [0.29, 0.717) is 34.7 Å². The number of rotatable bonds is 4. The number of carbonyl (C=O) groups excluding carboxylic acids is 1. The minimum absolute atomic E-state index is 0.124. The predicted molar refractivity (Wildman–Crippen MR) is 127 cm³/mol. The molecule has 7 nitrogen and oxygen atoms in total. The molecule has 3 aromatic rings. The van der Waals surface area contributed by atoms with Crippen LogP contribution in [0.25, 0.3) is 11.4 Å². The molecule has 0 fully saturated rings. The number of benzene rings is 2. The van der Waals surface area contributed by atoms with Crippen LogP contribution in [0.3, 0.4) is 0 Å². The number of ether oxygens (including phenoxy) is 2. The highest BCUT2D eigenvalue weighted by Gasteiger charge is 2.41. The number of fused-ring (bicyclic) bond motifs is 1. The molecule has 2 aromatic carbocycles. The van der Waals surface area contributed by atoms with Crippen LogP contribution in [0.1, 0.15) is 38.3 Å². The van der Waals surface area contributed by atoms with E-state index >= 15 is 0 Å². The molecule has 1 aromatic heterocycles. The maximum Gasteiger partial charge on any atom is 0.226 e. The highest BCUT2D eigenvalue weighted by Crippen LogP contribution is 2.46. The molecule has 0 radical (unpaired) electrons. The van der Waals surface area contributed by atoms with E-state index in [4.69, 9.17) is 31.2 Å². The third-order valence-corrected chi connectivity index (χ3v) is 6.38. The number of hydrogen-bond donors (Lipinski definition) is 1. The van der Waals surface area contributed by atoms with Gasteiger partial charge in [0.05, 0.1) is 14.2 Å². The van der Waals surface area contributed by atoms with Crippen molar-refractivity contribution in [2.75, 3.05) is 19.5 Å². The Hall–Kier alpha value is -3.32. The van der Waals surface area contributed by atoms with Gasteiger partial charge in [0, 0.05) is 34.3 Å². The van der Waals surface area contributed by atoms with E-state index in [0.717, 1.165) is 28.8 Å². The number of hydrogen-bond acceptors (Lipinski definition) is 6. The van der Waals surface area contributed by atoms with Gasteiger partial charge in [-0.1, -0.05) is 37.6 Å². The number of ketones is 1. The molecule has 33 heavy (non-hydrogen) atoms. The Kier molecular flexibility index (Phi) is 5.16. The van der Waals surface area contributed by atoms with Crippen LogP contribution in [0.4, 0.5) is 5.95 Å². The van der Waals surface area contributed by atoms with Crippen molar-refractivity contribution in [2.45, 2.75) is 32.7 Å². The van der Waals surface area contributed by atoms with Crippen LogP contribution in [-0.2, 0) is 4.79 Å². The van der Waals surface area contributed by atoms with Gasteiger partial charge in [0.15, 0.2) is 11.6 Å². The van der Waals surface area contributed by atoms with Crippen LogP contribution in [0, 0.1) is 5.41 Å². The second-order valence-corrected chi connectivity index (χ2v) is 9.65. The Morgan fingerprint density at radius 1 is 1.06 bits per heavy atom. The molecule has 1 aliphatic heterocycles. The van der Waals surface area contributed by atoms with Crippen molar-refractivity contribution in [1.29, 1.82) is 0 Å². The smallest absolute Gasteiger partial charge is 0.226 e. The summed E-state index contributed by atoms with van der Waals surface area (Å²) in [6.45, 7) is 4.22. The summed E-state index contributed by atoms with van der Waals surface area (Å²) in [6.07, 6.45) is 1.24. The summed E-state index contributed by atoms with van der Waals surface area (Å²) < 4.78 is 12.6. The molecule has 170 valence electrons. The van der Waals surface area contributed by atoms with E-state index in [-0.39, 0.29) is 17.2 Å². The van der Waals surface area contributed by atoms with Crippen molar-refractivity contribution in [2.24, 2.45) is 5.41 Å². The van der Waals surface area contributed by atoms with Crippen molar-refractivity contribution in [3.63, 3.8) is 0 Å². The Morgan fingerprint density at radius 2 is 1.73 bits per heavy atom. The summed E-state index contributed by atoms with van der Waals surface area (Å²) in [5.74, 6) is 2.53. The van der Waals surface area contributed by atoms with Crippen molar-refractivity contribution in [1.82, 2.24) is 14.8 Å². The minimum atomic E-state index is -0.383. The molecule has 0 spiro atoms. The first kappa shape index (κ1) is 21.5. The monoisotopic (exact) mass is 464 g/mol. The number of Topliss-reactive ketones (excluding diaryl/α,β-unsaturated/α-hetero) is 1. The Balaban J connectivity index is 1.67. The lowest BCUT2D eigenvalue weighted by atomic mass is 9.73. The zero-order valence-corrected chi connectivity index (χ0v) is 19.7. The van der Waals surface area contributed by atoms with Crippen molar-refractivity contribution in [3.8, 4) is 22.9 Å². The third kappa shape index (κ3) is 3.86. The number of nitrogens with zero attached hydrogens (tertiary/aromatic N) is 3. The number of halogens is 1. The molecule has 1 N–H and O–H groups in total. The lowest BCUT2D eigenvalue weighted by Gasteiger charge is -2.38. The van der Waals surface area contributed by atoms with Crippen LogP contribution in [0.15, 0.2) is 53.7 Å². The number of nitrogens with one attached hydrogen (secondary N) is 1. The molecule has 8 heteroatoms. The first-order valence-electron chi connectivity index (χ1n) is 10.8. The van der Waals surface area contributed by atoms with Gasteiger partial charge in [-0.2, -0.15) is 4.98 Å². The van der Waals surface area contributed by atoms with E-state index in [2.05, 4.69) is 19.2 Å². The molecule has 1 atom stereocenters. The van der Waals surface area contributed by atoms with Crippen LogP contribution in [0.5, 0.6) is 11.5 Å². The van der Waals surface area contributed by atoms with Crippen molar-refractivity contribution >= 4 is 23.3 Å². The SMILES string of the molecule is COc1cc(OC)cc(-c2nc3n(n2)[C@@H](c2ccc(Cl)cc2)C2=C(CC(C)(C)CC2=O)N3)c1. The summed E-state index contributed by atoms with van der Waals surface area (Å²) >= 11 is 6.15. The van der Waals surface area contributed by atoms with Gasteiger partial charge in [0.2, 0.25) is 5.95 Å².